The summed E-state index contributed by atoms with van der Waals surface area (Å²) >= 11 is 0. The second-order valence-electron chi connectivity index (χ2n) is 11.2. The number of nitrogens with zero attached hydrogens (tertiary/aromatic N) is 3. The van der Waals surface area contributed by atoms with E-state index in [4.69, 9.17) is 4.74 Å². The molecule has 0 unspecified atom stereocenters. The quantitative estimate of drug-likeness (QED) is 0.355. The number of hydrogen-bond acceptors (Lipinski definition) is 6. The number of ether oxygens (including phenoxy) is 1. The van der Waals surface area contributed by atoms with Gasteiger partial charge >= 0.3 is 5.97 Å². The molecule has 0 bridgehead atoms. The zero-order valence-electron chi connectivity index (χ0n) is 23.3. The predicted molar refractivity (Wildman–Crippen MR) is 148 cm³/mol. The molecule has 0 spiro atoms. The summed E-state index contributed by atoms with van der Waals surface area (Å²) in [6.07, 6.45) is 9.64. The van der Waals surface area contributed by atoms with Gasteiger partial charge in [-0.15, -0.1) is 0 Å². The Labute approximate surface area is 226 Å². The highest BCUT2D eigenvalue weighted by atomic mass is 19.1. The Morgan fingerprint density at radius 2 is 2.11 bits per heavy atom. The summed E-state index contributed by atoms with van der Waals surface area (Å²) in [6.45, 7) is 6.24. The molecule has 4 rings (SSSR count). The van der Waals surface area contributed by atoms with Crippen molar-refractivity contribution in [1.29, 1.82) is 0 Å². The number of pyridine rings is 1. The normalized spacial score (nSPS) is 20.4. The second-order valence-corrected chi connectivity index (χ2v) is 11.2. The maximum Gasteiger partial charge on any atom is 0.325 e. The van der Waals surface area contributed by atoms with E-state index in [1.807, 2.05) is 31.0 Å². The Hall–Kier alpha value is -2.71. The van der Waals surface area contributed by atoms with Gasteiger partial charge in [0.2, 0.25) is 0 Å². The summed E-state index contributed by atoms with van der Waals surface area (Å²) in [5.74, 6) is -0.309. The number of aliphatic carboxylic acids is 1. The molecule has 2 aliphatic heterocycles. The lowest BCUT2D eigenvalue weighted by Gasteiger charge is -2.29. The summed E-state index contributed by atoms with van der Waals surface area (Å²) in [6, 6.07) is 7.26. The number of aromatic nitrogens is 1. The number of likely N-dealkylation sites (N-methyl/N-ethyl adjacent to an activating group) is 1. The molecule has 208 valence electrons. The van der Waals surface area contributed by atoms with E-state index in [0.717, 1.165) is 50.0 Å². The molecule has 7 nitrogen and oxygen atoms in total. The fourth-order valence-electron chi connectivity index (χ4n) is 5.93. The zero-order valence-corrected chi connectivity index (χ0v) is 23.3. The van der Waals surface area contributed by atoms with Crippen molar-refractivity contribution >= 4 is 11.8 Å². The molecule has 1 aromatic heterocycles. The highest BCUT2D eigenvalue weighted by Gasteiger charge is 2.37. The van der Waals surface area contributed by atoms with Gasteiger partial charge in [0.05, 0.1) is 7.11 Å². The predicted octanol–water partition coefficient (Wildman–Crippen LogP) is 5.47. The zero-order chi connectivity index (χ0) is 27.2. The number of anilines is 1. The van der Waals surface area contributed by atoms with Crippen molar-refractivity contribution in [2.75, 3.05) is 39.1 Å². The van der Waals surface area contributed by atoms with Crippen molar-refractivity contribution in [1.82, 2.24) is 14.8 Å². The van der Waals surface area contributed by atoms with Crippen LogP contribution >= 0.6 is 0 Å². The first kappa shape index (κ1) is 28.3. The Balaban J connectivity index is 1.27. The van der Waals surface area contributed by atoms with Crippen molar-refractivity contribution in [2.24, 2.45) is 0 Å². The topological polar surface area (TPSA) is 77.9 Å². The number of unbranched alkanes of at least 4 members (excludes halogenated alkanes) is 2. The third-order valence-electron chi connectivity index (χ3n) is 8.23. The van der Waals surface area contributed by atoms with Crippen molar-refractivity contribution in [2.45, 2.75) is 82.8 Å². The number of carboxylic acids is 1. The molecule has 0 aliphatic carbocycles. The van der Waals surface area contributed by atoms with Crippen LogP contribution < -0.4 is 10.1 Å². The van der Waals surface area contributed by atoms with Crippen molar-refractivity contribution in [3.05, 3.63) is 53.0 Å². The molecule has 0 radical (unpaired) electrons. The molecule has 1 aromatic carbocycles. The fraction of sp³-hybridized carbons (Fsp3) is 0.600. The molecule has 38 heavy (non-hydrogen) atoms. The maximum atomic E-state index is 14.8. The molecule has 1 fully saturated rings. The third kappa shape index (κ3) is 6.64. The molecule has 3 heterocycles. The fourth-order valence-corrected chi connectivity index (χ4v) is 5.93. The lowest BCUT2D eigenvalue weighted by atomic mass is 9.95. The summed E-state index contributed by atoms with van der Waals surface area (Å²) in [5, 5.41) is 13.8. The summed E-state index contributed by atoms with van der Waals surface area (Å²) in [7, 11) is 3.53. The molecule has 1 saturated heterocycles. The Bertz CT molecular complexity index is 1100. The molecule has 8 heteroatoms. The minimum absolute atomic E-state index is 0.0327. The monoisotopic (exact) mass is 526 g/mol. The van der Waals surface area contributed by atoms with Crippen molar-refractivity contribution < 1.29 is 19.0 Å². The van der Waals surface area contributed by atoms with Gasteiger partial charge < -0.3 is 20.1 Å². The van der Waals surface area contributed by atoms with Gasteiger partial charge in [-0.05, 0) is 80.9 Å². The lowest BCUT2D eigenvalue weighted by molar-refractivity contribution is -0.143. The number of carboxylic acid groups (broad SMARTS) is 1. The number of benzene rings is 1. The van der Waals surface area contributed by atoms with E-state index < -0.39 is 17.8 Å². The van der Waals surface area contributed by atoms with E-state index in [2.05, 4.69) is 28.3 Å². The van der Waals surface area contributed by atoms with Crippen LogP contribution in [-0.2, 0) is 11.2 Å². The van der Waals surface area contributed by atoms with Gasteiger partial charge in [0.25, 0.3) is 0 Å². The van der Waals surface area contributed by atoms with Crippen LogP contribution in [-0.4, -0.2) is 71.7 Å². The van der Waals surface area contributed by atoms with E-state index in [0.29, 0.717) is 24.7 Å². The van der Waals surface area contributed by atoms with Crippen LogP contribution in [0.4, 0.5) is 10.2 Å². The number of fused-ring (bicyclic) bond motifs is 1. The number of nitrogens with one attached hydrogen (secondary N) is 1. The van der Waals surface area contributed by atoms with Crippen LogP contribution in [0.25, 0.3) is 0 Å². The number of likely N-dealkylation sites (tertiary alicyclic amines) is 1. The lowest BCUT2D eigenvalue weighted by Crippen LogP contribution is -2.38. The number of methoxy groups -OCH3 is 1. The molecule has 2 aromatic rings. The molecule has 3 atom stereocenters. The number of rotatable bonds is 12. The average molecular weight is 527 g/mol. The standard InChI is InChI=1S/C30H43FN4O3/c1-20(2)22-17-25(28(38-4)26(31)18-22)27(30(36)37)35-16-13-24(19-35)34(3)15-7-5-6-10-23-12-11-21-9-8-14-32-29(21)33-23/h8-9,14,17-18,20,23-24,27H,5-7,10-13,15-16,19H2,1-4H3,(H,32,33)(H,36,37)/t23-,24-,27-/m1/s1. The van der Waals surface area contributed by atoms with Gasteiger partial charge in [0.15, 0.2) is 11.6 Å². The van der Waals surface area contributed by atoms with E-state index in [9.17, 15) is 14.3 Å². The van der Waals surface area contributed by atoms with Gasteiger partial charge in [0, 0.05) is 36.9 Å². The Morgan fingerprint density at radius 1 is 1.29 bits per heavy atom. The number of halogens is 1. The first-order valence-corrected chi connectivity index (χ1v) is 14.0. The van der Waals surface area contributed by atoms with Gasteiger partial charge in [-0.25, -0.2) is 9.37 Å². The first-order valence-electron chi connectivity index (χ1n) is 14.0. The molecule has 0 saturated carbocycles. The molecule has 2 N–H and O–H groups in total. The average Bonchev–Trinajstić information content (AvgIpc) is 3.37. The Kier molecular flexibility index (Phi) is 9.60. The number of hydrogen-bond donors (Lipinski definition) is 2. The first-order chi connectivity index (χ1) is 18.3. The SMILES string of the molecule is COc1c(F)cc(C(C)C)cc1[C@H](C(=O)O)N1CC[C@@H](N(C)CCCCC[C@@H]2CCc3cccnc3N2)C1. The summed E-state index contributed by atoms with van der Waals surface area (Å²) < 4.78 is 20.2. The summed E-state index contributed by atoms with van der Waals surface area (Å²) in [5.41, 5.74) is 2.50. The van der Waals surface area contributed by atoms with Crippen molar-refractivity contribution in [3.63, 3.8) is 0 Å². The van der Waals surface area contributed by atoms with Gasteiger partial charge in [0.1, 0.15) is 11.9 Å². The van der Waals surface area contributed by atoms with Crippen LogP contribution in [0.2, 0.25) is 0 Å². The molecular formula is C30H43FN4O3. The van der Waals surface area contributed by atoms with E-state index in [1.165, 1.54) is 31.6 Å². The highest BCUT2D eigenvalue weighted by Crippen LogP contribution is 2.37. The van der Waals surface area contributed by atoms with Crippen LogP contribution in [0.5, 0.6) is 5.75 Å². The summed E-state index contributed by atoms with van der Waals surface area (Å²) in [4.78, 5) is 21.2. The minimum atomic E-state index is -0.971. The molecule has 0 amide bonds. The van der Waals surface area contributed by atoms with Gasteiger partial charge in [-0.1, -0.05) is 32.8 Å². The minimum Gasteiger partial charge on any atom is -0.493 e. The van der Waals surface area contributed by atoms with Gasteiger partial charge in [-0.3, -0.25) is 9.69 Å². The van der Waals surface area contributed by atoms with Crippen LogP contribution in [0.3, 0.4) is 0 Å². The highest BCUT2D eigenvalue weighted by molar-refractivity contribution is 5.77. The second kappa shape index (κ2) is 12.9. The van der Waals surface area contributed by atoms with E-state index in [1.54, 1.807) is 6.07 Å². The molecule has 2 aliphatic rings. The number of aryl methyl sites for hydroxylation is 1. The largest absolute Gasteiger partial charge is 0.493 e. The van der Waals surface area contributed by atoms with Crippen LogP contribution in [0.1, 0.15) is 81.0 Å². The third-order valence-corrected chi connectivity index (χ3v) is 8.23. The maximum absolute atomic E-state index is 14.8. The number of carbonyl (C=O) groups is 1. The van der Waals surface area contributed by atoms with Crippen LogP contribution in [0.15, 0.2) is 30.5 Å². The Morgan fingerprint density at radius 3 is 2.84 bits per heavy atom. The van der Waals surface area contributed by atoms with E-state index in [-0.39, 0.29) is 17.7 Å². The van der Waals surface area contributed by atoms with Crippen LogP contribution in [0, 0.1) is 5.82 Å². The van der Waals surface area contributed by atoms with Crippen molar-refractivity contribution in [3.8, 4) is 5.75 Å². The van der Waals surface area contributed by atoms with Gasteiger partial charge in [-0.2, -0.15) is 0 Å². The van der Waals surface area contributed by atoms with E-state index >= 15 is 0 Å². The molecular weight excluding hydrogens is 483 g/mol. The smallest absolute Gasteiger partial charge is 0.325 e.